The lowest BCUT2D eigenvalue weighted by Gasteiger charge is -2.25. The van der Waals surface area contributed by atoms with Crippen LogP contribution in [-0.2, 0) is 29.3 Å². The number of aliphatic hydroxyl groups excluding tert-OH is 1. The van der Waals surface area contributed by atoms with Crippen LogP contribution in [0.1, 0.15) is 30.1 Å². The van der Waals surface area contributed by atoms with Crippen LogP contribution in [0.5, 0.6) is 11.5 Å². The number of aromatic nitrogens is 1. The number of carbonyl (C=O) groups excluding carboxylic acids is 1. The summed E-state index contributed by atoms with van der Waals surface area (Å²) in [6.45, 7) is 5.44. The molecule has 2 rings (SSSR count). The molecule has 1 aromatic heterocycles. The van der Waals surface area contributed by atoms with E-state index < -0.39 is 0 Å². The summed E-state index contributed by atoms with van der Waals surface area (Å²) in [5, 5.41) is 11.7. The van der Waals surface area contributed by atoms with Gasteiger partial charge in [-0.25, -0.2) is 4.98 Å². The van der Waals surface area contributed by atoms with E-state index in [-0.39, 0.29) is 25.0 Å². The molecule has 0 bridgehead atoms. The molecule has 0 unspecified atom stereocenters. The lowest BCUT2D eigenvalue weighted by molar-refractivity contribution is -0.135. The second-order valence-electron chi connectivity index (χ2n) is 6.57. The lowest BCUT2D eigenvalue weighted by atomic mass is 10.1. The number of amides is 1. The number of rotatable bonds is 11. The van der Waals surface area contributed by atoms with Crippen LogP contribution in [0.15, 0.2) is 23.6 Å². The first-order valence-corrected chi connectivity index (χ1v) is 9.98. The highest BCUT2D eigenvalue weighted by molar-refractivity contribution is 7.09. The maximum Gasteiger partial charge on any atom is 0.225 e. The van der Waals surface area contributed by atoms with Crippen molar-refractivity contribution in [3.63, 3.8) is 0 Å². The Balaban J connectivity index is 2.13. The molecule has 0 spiro atoms. The van der Waals surface area contributed by atoms with Crippen molar-refractivity contribution >= 4 is 17.2 Å². The summed E-state index contributed by atoms with van der Waals surface area (Å²) in [5.41, 5.74) is 1.57. The molecule has 8 heteroatoms. The molecule has 1 N–H and O–H groups in total. The normalized spacial score (nSPS) is 10.9. The van der Waals surface area contributed by atoms with Crippen molar-refractivity contribution in [3.8, 4) is 11.5 Å². The number of hydrogen-bond acceptors (Lipinski definition) is 7. The molecule has 1 heterocycles. The molecule has 1 aromatic carbocycles. The Morgan fingerprint density at radius 1 is 1.29 bits per heavy atom. The highest BCUT2D eigenvalue weighted by Gasteiger charge is 2.18. The van der Waals surface area contributed by atoms with E-state index in [4.69, 9.17) is 19.3 Å². The minimum atomic E-state index is -0.0868. The third-order valence-corrected chi connectivity index (χ3v) is 4.96. The first kappa shape index (κ1) is 22.1. The first-order chi connectivity index (χ1) is 13.5. The zero-order chi connectivity index (χ0) is 20.5. The van der Waals surface area contributed by atoms with Crippen molar-refractivity contribution in [2.45, 2.75) is 33.6 Å². The highest BCUT2D eigenvalue weighted by atomic mass is 32.1. The van der Waals surface area contributed by atoms with Crippen LogP contribution < -0.4 is 9.47 Å². The van der Waals surface area contributed by atoms with E-state index in [9.17, 15) is 4.79 Å². The highest BCUT2D eigenvalue weighted by Crippen LogP contribution is 2.30. The maximum absolute atomic E-state index is 12.5. The van der Waals surface area contributed by atoms with E-state index in [1.807, 2.05) is 32.0 Å². The Bertz CT molecular complexity index is 763. The van der Waals surface area contributed by atoms with Crippen LogP contribution in [0.4, 0.5) is 0 Å². The number of nitrogens with zero attached hydrogens (tertiary/aromatic N) is 2. The second kappa shape index (κ2) is 11.0. The van der Waals surface area contributed by atoms with E-state index in [0.717, 1.165) is 10.6 Å². The van der Waals surface area contributed by atoms with Gasteiger partial charge in [0.05, 0.1) is 26.0 Å². The van der Waals surface area contributed by atoms with Crippen LogP contribution in [0.25, 0.3) is 0 Å². The zero-order valence-electron chi connectivity index (χ0n) is 16.8. The van der Waals surface area contributed by atoms with Gasteiger partial charge < -0.3 is 24.2 Å². The number of methoxy groups -OCH3 is 2. The van der Waals surface area contributed by atoms with Crippen molar-refractivity contribution in [3.05, 3.63) is 39.8 Å². The van der Waals surface area contributed by atoms with Gasteiger partial charge in [0.1, 0.15) is 11.6 Å². The van der Waals surface area contributed by atoms with E-state index in [2.05, 4.69) is 4.98 Å². The van der Waals surface area contributed by atoms with Gasteiger partial charge in [-0.05, 0) is 17.7 Å². The quantitative estimate of drug-likeness (QED) is 0.616. The van der Waals surface area contributed by atoms with Crippen LogP contribution in [-0.4, -0.2) is 48.3 Å². The molecule has 0 saturated heterocycles. The average molecular weight is 409 g/mol. The number of aliphatic hydroxyl groups is 1. The number of hydrogen-bond donors (Lipinski definition) is 1. The summed E-state index contributed by atoms with van der Waals surface area (Å²) in [5.74, 6) is 1.19. The predicted molar refractivity (Wildman–Crippen MR) is 107 cm³/mol. The molecule has 0 aliphatic carbocycles. The fraction of sp³-hybridized carbons (Fsp3) is 0.500. The van der Waals surface area contributed by atoms with Crippen LogP contribution in [0.3, 0.4) is 0 Å². The van der Waals surface area contributed by atoms with E-state index in [0.29, 0.717) is 36.9 Å². The number of benzene rings is 1. The Morgan fingerprint density at radius 2 is 2.07 bits per heavy atom. The van der Waals surface area contributed by atoms with Gasteiger partial charge in [0.25, 0.3) is 0 Å². The third-order valence-electron chi connectivity index (χ3n) is 4.08. The van der Waals surface area contributed by atoms with Gasteiger partial charge in [0, 0.05) is 31.5 Å². The van der Waals surface area contributed by atoms with Gasteiger partial charge >= 0.3 is 0 Å². The molecular weight excluding hydrogens is 380 g/mol. The van der Waals surface area contributed by atoms with E-state index in [1.165, 1.54) is 11.3 Å². The van der Waals surface area contributed by atoms with Gasteiger partial charge in [-0.3, -0.25) is 4.79 Å². The first-order valence-electron chi connectivity index (χ1n) is 9.10. The molecule has 0 radical (unpaired) electrons. The van der Waals surface area contributed by atoms with Crippen molar-refractivity contribution in [2.75, 3.05) is 27.4 Å². The van der Waals surface area contributed by atoms with Crippen molar-refractivity contribution in [2.24, 2.45) is 5.92 Å². The van der Waals surface area contributed by atoms with Crippen molar-refractivity contribution in [1.29, 1.82) is 0 Å². The largest absolute Gasteiger partial charge is 0.493 e. The topological polar surface area (TPSA) is 81.1 Å². The SMILES string of the molecule is COCCN(Cc1ccc(OC)c(OCc2nc(CO)cs2)c1)C(=O)C(C)C. The number of carbonyl (C=O) groups is 1. The van der Waals surface area contributed by atoms with Gasteiger partial charge in [0.15, 0.2) is 11.5 Å². The van der Waals surface area contributed by atoms with E-state index in [1.54, 1.807) is 24.5 Å². The molecule has 28 heavy (non-hydrogen) atoms. The maximum atomic E-state index is 12.5. The molecule has 154 valence electrons. The smallest absolute Gasteiger partial charge is 0.225 e. The fourth-order valence-electron chi connectivity index (χ4n) is 2.61. The minimum Gasteiger partial charge on any atom is -0.493 e. The van der Waals surface area contributed by atoms with Crippen LogP contribution >= 0.6 is 11.3 Å². The minimum absolute atomic E-state index is 0.0784. The molecule has 2 aromatic rings. The Hall–Kier alpha value is -2.16. The molecule has 1 amide bonds. The average Bonchev–Trinajstić information content (AvgIpc) is 3.17. The molecule has 0 aliphatic heterocycles. The monoisotopic (exact) mass is 408 g/mol. The lowest BCUT2D eigenvalue weighted by Crippen LogP contribution is -2.36. The summed E-state index contributed by atoms with van der Waals surface area (Å²) < 4.78 is 16.4. The zero-order valence-corrected chi connectivity index (χ0v) is 17.6. The molecule has 0 fully saturated rings. The van der Waals surface area contributed by atoms with Gasteiger partial charge in [0.2, 0.25) is 5.91 Å². The summed E-state index contributed by atoms with van der Waals surface area (Å²) in [6.07, 6.45) is 0. The Labute approximate surface area is 169 Å². The Morgan fingerprint density at radius 3 is 2.68 bits per heavy atom. The molecular formula is C20H28N2O5S. The summed E-state index contributed by atoms with van der Waals surface area (Å²) in [7, 11) is 3.21. The second-order valence-corrected chi connectivity index (χ2v) is 7.51. The molecule has 7 nitrogen and oxygen atoms in total. The summed E-state index contributed by atoms with van der Waals surface area (Å²) in [4.78, 5) is 18.6. The molecule has 0 atom stereocenters. The van der Waals surface area contributed by atoms with Gasteiger partial charge in [-0.15, -0.1) is 11.3 Å². The summed E-state index contributed by atoms with van der Waals surface area (Å²) >= 11 is 1.43. The van der Waals surface area contributed by atoms with E-state index >= 15 is 0 Å². The standard InChI is InChI=1S/C20H28N2O5S/c1-14(2)20(24)22(7-8-25-3)10-15-5-6-17(26-4)18(9-15)27-12-19-21-16(11-23)13-28-19/h5-6,9,13-14,23H,7-8,10-12H2,1-4H3. The van der Waals surface area contributed by atoms with Crippen LogP contribution in [0, 0.1) is 5.92 Å². The number of thiazole rings is 1. The number of ether oxygens (including phenoxy) is 3. The van der Waals surface area contributed by atoms with Crippen molar-refractivity contribution in [1.82, 2.24) is 9.88 Å². The third kappa shape index (κ3) is 6.19. The Kier molecular flexibility index (Phi) is 8.69. The molecule has 0 aliphatic rings. The van der Waals surface area contributed by atoms with Crippen LogP contribution in [0.2, 0.25) is 0 Å². The van der Waals surface area contributed by atoms with Gasteiger partial charge in [-0.2, -0.15) is 0 Å². The summed E-state index contributed by atoms with van der Waals surface area (Å²) in [6, 6.07) is 5.64. The predicted octanol–water partition coefficient (Wildman–Crippen LogP) is 2.85. The van der Waals surface area contributed by atoms with Crippen molar-refractivity contribution < 1.29 is 24.1 Å². The van der Waals surface area contributed by atoms with Gasteiger partial charge in [-0.1, -0.05) is 19.9 Å². The fourth-order valence-corrected chi connectivity index (χ4v) is 3.31. The molecule has 0 saturated carbocycles.